The molecule has 1 aliphatic rings. The van der Waals surface area contributed by atoms with Crippen LogP contribution in [0.2, 0.25) is 0 Å². The molecule has 0 amide bonds. The molecule has 23 heavy (non-hydrogen) atoms. The highest BCUT2D eigenvalue weighted by atomic mass is 16.5. The highest BCUT2D eigenvalue weighted by molar-refractivity contribution is 5.77. The summed E-state index contributed by atoms with van der Waals surface area (Å²) in [5.74, 6) is 0.283. The van der Waals surface area contributed by atoms with Gasteiger partial charge in [0, 0.05) is 19.6 Å². The smallest absolute Gasteiger partial charge is 0.313 e. The third kappa shape index (κ3) is 5.96. The summed E-state index contributed by atoms with van der Waals surface area (Å²) < 4.78 is 10.7. The Hall–Kier alpha value is -1.39. The molecule has 1 aromatic carbocycles. The Bertz CT molecular complexity index is 478. The van der Waals surface area contributed by atoms with Gasteiger partial charge in [0.25, 0.3) is 0 Å². The van der Waals surface area contributed by atoms with E-state index in [1.807, 2.05) is 19.1 Å². The highest BCUT2D eigenvalue weighted by Gasteiger charge is 2.17. The molecule has 1 saturated heterocycles. The van der Waals surface area contributed by atoms with Gasteiger partial charge in [0.1, 0.15) is 6.61 Å². The van der Waals surface area contributed by atoms with Crippen molar-refractivity contribution >= 4 is 5.97 Å². The Morgan fingerprint density at radius 1 is 1.17 bits per heavy atom. The molecule has 1 aromatic rings. The Morgan fingerprint density at radius 3 is 2.43 bits per heavy atom. The lowest BCUT2D eigenvalue weighted by Gasteiger charge is -2.26. The molecule has 1 heterocycles. The molecule has 4 nitrogen and oxygen atoms in total. The second-order valence-corrected chi connectivity index (χ2v) is 6.68. The SMILES string of the molecule is CC(C)Cc1ccc(C(C)C(=O)OCCN2CCOCC2)cc1. The van der Waals surface area contributed by atoms with Crippen LogP contribution in [0.1, 0.15) is 37.8 Å². The normalized spacial score (nSPS) is 17.2. The maximum absolute atomic E-state index is 12.2. The van der Waals surface area contributed by atoms with Gasteiger partial charge in [-0.3, -0.25) is 9.69 Å². The molecular weight excluding hydrogens is 290 g/mol. The zero-order chi connectivity index (χ0) is 16.7. The van der Waals surface area contributed by atoms with Crippen molar-refractivity contribution in [1.82, 2.24) is 4.90 Å². The number of hydrogen-bond acceptors (Lipinski definition) is 4. The standard InChI is InChI=1S/C19H29NO3/c1-15(2)14-17-4-6-18(7-5-17)16(3)19(21)23-13-10-20-8-11-22-12-9-20/h4-7,15-16H,8-14H2,1-3H3. The molecule has 0 aromatic heterocycles. The summed E-state index contributed by atoms with van der Waals surface area (Å²) in [4.78, 5) is 14.4. The van der Waals surface area contributed by atoms with E-state index >= 15 is 0 Å². The van der Waals surface area contributed by atoms with Crippen molar-refractivity contribution < 1.29 is 14.3 Å². The van der Waals surface area contributed by atoms with Crippen LogP contribution < -0.4 is 0 Å². The first-order valence-electron chi connectivity index (χ1n) is 8.62. The van der Waals surface area contributed by atoms with Gasteiger partial charge >= 0.3 is 5.97 Å². The van der Waals surface area contributed by atoms with Gasteiger partial charge < -0.3 is 9.47 Å². The third-order valence-corrected chi connectivity index (χ3v) is 4.23. The molecule has 2 rings (SSSR count). The van der Waals surface area contributed by atoms with E-state index in [9.17, 15) is 4.79 Å². The summed E-state index contributed by atoms with van der Waals surface area (Å²) in [5.41, 5.74) is 2.34. The fraction of sp³-hybridized carbons (Fsp3) is 0.632. The number of rotatable bonds is 7. The molecule has 128 valence electrons. The van der Waals surface area contributed by atoms with Crippen molar-refractivity contribution in [1.29, 1.82) is 0 Å². The number of benzene rings is 1. The topological polar surface area (TPSA) is 38.8 Å². The lowest BCUT2D eigenvalue weighted by atomic mass is 9.97. The van der Waals surface area contributed by atoms with Crippen molar-refractivity contribution in [2.75, 3.05) is 39.5 Å². The molecule has 0 saturated carbocycles. The van der Waals surface area contributed by atoms with Gasteiger partial charge in [0.2, 0.25) is 0 Å². The lowest BCUT2D eigenvalue weighted by Crippen LogP contribution is -2.38. The van der Waals surface area contributed by atoms with E-state index in [1.54, 1.807) is 0 Å². The molecule has 0 bridgehead atoms. The van der Waals surface area contributed by atoms with Crippen molar-refractivity contribution in [3.8, 4) is 0 Å². The van der Waals surface area contributed by atoms with Crippen LogP contribution in [0.5, 0.6) is 0 Å². The predicted octanol–water partition coefficient (Wildman–Crippen LogP) is 2.86. The molecule has 0 spiro atoms. The van der Waals surface area contributed by atoms with Gasteiger partial charge in [-0.25, -0.2) is 0 Å². The van der Waals surface area contributed by atoms with Crippen molar-refractivity contribution in [2.45, 2.75) is 33.1 Å². The molecule has 4 heteroatoms. The monoisotopic (exact) mass is 319 g/mol. The molecule has 1 unspecified atom stereocenters. The number of carbonyl (C=O) groups is 1. The van der Waals surface area contributed by atoms with Crippen LogP contribution in [0.15, 0.2) is 24.3 Å². The molecule has 1 aliphatic heterocycles. The number of carbonyl (C=O) groups excluding carboxylic acids is 1. The second kappa shape index (κ2) is 9.04. The quantitative estimate of drug-likeness (QED) is 0.725. The Morgan fingerprint density at radius 2 is 1.83 bits per heavy atom. The molecular formula is C19H29NO3. The largest absolute Gasteiger partial charge is 0.464 e. The van der Waals surface area contributed by atoms with E-state index in [1.165, 1.54) is 5.56 Å². The van der Waals surface area contributed by atoms with E-state index in [0.717, 1.165) is 44.8 Å². The van der Waals surface area contributed by atoms with E-state index in [-0.39, 0.29) is 11.9 Å². The maximum atomic E-state index is 12.2. The molecule has 1 atom stereocenters. The van der Waals surface area contributed by atoms with Gasteiger partial charge in [-0.1, -0.05) is 38.1 Å². The second-order valence-electron chi connectivity index (χ2n) is 6.68. The third-order valence-electron chi connectivity index (χ3n) is 4.23. The Labute approximate surface area is 139 Å². The number of nitrogens with zero attached hydrogens (tertiary/aromatic N) is 1. The van der Waals surface area contributed by atoms with Crippen LogP contribution in [0.25, 0.3) is 0 Å². The fourth-order valence-electron chi connectivity index (χ4n) is 2.77. The minimum Gasteiger partial charge on any atom is -0.464 e. The van der Waals surface area contributed by atoms with Crippen molar-refractivity contribution in [3.63, 3.8) is 0 Å². The van der Waals surface area contributed by atoms with E-state index in [4.69, 9.17) is 9.47 Å². The van der Waals surface area contributed by atoms with Crippen LogP contribution in [0, 0.1) is 5.92 Å². The Balaban J connectivity index is 1.77. The summed E-state index contributed by atoms with van der Waals surface area (Å²) in [6.45, 7) is 11.0. The van der Waals surface area contributed by atoms with Gasteiger partial charge in [0.15, 0.2) is 0 Å². The van der Waals surface area contributed by atoms with Gasteiger partial charge in [-0.15, -0.1) is 0 Å². The summed E-state index contributed by atoms with van der Waals surface area (Å²) in [7, 11) is 0. The van der Waals surface area contributed by atoms with Crippen molar-refractivity contribution in [2.24, 2.45) is 5.92 Å². The molecule has 1 fully saturated rings. The number of hydrogen-bond donors (Lipinski definition) is 0. The van der Waals surface area contributed by atoms with Crippen LogP contribution in [-0.4, -0.2) is 50.3 Å². The first-order valence-corrected chi connectivity index (χ1v) is 8.62. The lowest BCUT2D eigenvalue weighted by molar-refractivity contribution is -0.145. The van der Waals surface area contributed by atoms with Crippen LogP contribution in [0.3, 0.4) is 0 Å². The van der Waals surface area contributed by atoms with E-state index < -0.39 is 0 Å². The number of esters is 1. The zero-order valence-corrected chi connectivity index (χ0v) is 14.6. The summed E-state index contributed by atoms with van der Waals surface area (Å²) in [6, 6.07) is 8.33. The molecule has 0 radical (unpaired) electrons. The average molecular weight is 319 g/mol. The summed E-state index contributed by atoms with van der Waals surface area (Å²) in [5, 5.41) is 0. The number of ether oxygens (including phenoxy) is 2. The molecule has 0 aliphatic carbocycles. The van der Waals surface area contributed by atoms with Crippen LogP contribution >= 0.6 is 0 Å². The van der Waals surface area contributed by atoms with Crippen LogP contribution in [-0.2, 0) is 20.7 Å². The van der Waals surface area contributed by atoms with Crippen LogP contribution in [0.4, 0.5) is 0 Å². The maximum Gasteiger partial charge on any atom is 0.313 e. The predicted molar refractivity (Wildman–Crippen MR) is 91.6 cm³/mol. The zero-order valence-electron chi connectivity index (χ0n) is 14.6. The molecule has 0 N–H and O–H groups in total. The van der Waals surface area contributed by atoms with E-state index in [0.29, 0.717) is 12.5 Å². The van der Waals surface area contributed by atoms with Crippen molar-refractivity contribution in [3.05, 3.63) is 35.4 Å². The first kappa shape index (κ1) is 18.0. The average Bonchev–Trinajstić information content (AvgIpc) is 2.55. The Kier molecular flexibility index (Phi) is 7.06. The number of morpholine rings is 1. The first-order chi connectivity index (χ1) is 11.1. The van der Waals surface area contributed by atoms with E-state index in [2.05, 4.69) is 30.9 Å². The summed E-state index contributed by atoms with van der Waals surface area (Å²) in [6.07, 6.45) is 1.07. The van der Waals surface area contributed by atoms with Gasteiger partial charge in [-0.2, -0.15) is 0 Å². The minimum atomic E-state index is -0.215. The highest BCUT2D eigenvalue weighted by Crippen LogP contribution is 2.19. The van der Waals surface area contributed by atoms with Gasteiger partial charge in [-0.05, 0) is 30.4 Å². The fourth-order valence-corrected chi connectivity index (χ4v) is 2.77. The van der Waals surface area contributed by atoms with Gasteiger partial charge in [0.05, 0.1) is 19.1 Å². The summed E-state index contributed by atoms with van der Waals surface area (Å²) >= 11 is 0. The minimum absolute atomic E-state index is 0.144.